The van der Waals surface area contributed by atoms with Crippen molar-refractivity contribution >= 4 is 11.9 Å². The van der Waals surface area contributed by atoms with Crippen LogP contribution in [-0.2, 0) is 14.3 Å². The van der Waals surface area contributed by atoms with Gasteiger partial charge in [0.05, 0.1) is 27.6 Å². The number of likely N-dealkylation sites (N-methyl/N-ethyl adjacent to an activating group) is 1. The Morgan fingerprint density at radius 2 is 1.48 bits per heavy atom. The van der Waals surface area contributed by atoms with Crippen LogP contribution >= 0.6 is 0 Å². The van der Waals surface area contributed by atoms with E-state index in [0.29, 0.717) is 17.4 Å². The average molecular weight is 413 g/mol. The van der Waals surface area contributed by atoms with Gasteiger partial charge in [-0.1, -0.05) is 71.1 Å². The first-order valence-corrected chi connectivity index (χ1v) is 11.9. The van der Waals surface area contributed by atoms with Gasteiger partial charge < -0.3 is 14.3 Å². The number of carboxylic acids is 1. The monoisotopic (exact) mass is 412 g/mol. The number of carboxylic acid groups (broad SMARTS) is 1. The maximum atomic E-state index is 12.0. The minimum Gasteiger partial charge on any atom is -0.481 e. The van der Waals surface area contributed by atoms with Crippen molar-refractivity contribution in [2.45, 2.75) is 103 Å². The summed E-state index contributed by atoms with van der Waals surface area (Å²) < 4.78 is 6.00. The van der Waals surface area contributed by atoms with Gasteiger partial charge in [0.15, 0.2) is 6.10 Å². The maximum absolute atomic E-state index is 12.0. The van der Waals surface area contributed by atoms with Crippen molar-refractivity contribution in [3.05, 3.63) is 0 Å². The highest BCUT2D eigenvalue weighted by Gasteiger charge is 2.35. The summed E-state index contributed by atoms with van der Waals surface area (Å²) in [6.45, 7) is 2.78. The summed E-state index contributed by atoms with van der Waals surface area (Å²) in [7, 11) is 5.91. The summed E-state index contributed by atoms with van der Waals surface area (Å²) in [6.07, 6.45) is 15.2. The van der Waals surface area contributed by atoms with E-state index in [0.717, 1.165) is 24.7 Å². The van der Waals surface area contributed by atoms with Gasteiger partial charge in [-0.15, -0.1) is 0 Å². The first kappa shape index (κ1) is 25.9. The Morgan fingerprint density at radius 1 is 0.931 bits per heavy atom. The van der Waals surface area contributed by atoms with Crippen molar-refractivity contribution in [3.63, 3.8) is 0 Å². The molecule has 0 aromatic carbocycles. The summed E-state index contributed by atoms with van der Waals surface area (Å²) in [4.78, 5) is 23.0. The van der Waals surface area contributed by atoms with Crippen molar-refractivity contribution in [1.82, 2.24) is 0 Å². The summed E-state index contributed by atoms with van der Waals surface area (Å²) in [5.74, 6) is 0.842. The van der Waals surface area contributed by atoms with Crippen LogP contribution in [0.5, 0.6) is 0 Å². The van der Waals surface area contributed by atoms with Gasteiger partial charge in [-0.3, -0.25) is 9.59 Å². The number of nitrogens with zero attached hydrogens (tertiary/aromatic N) is 1. The van der Waals surface area contributed by atoms with Crippen LogP contribution in [0.15, 0.2) is 0 Å². The molecule has 0 bridgehead atoms. The Bertz CT molecular complexity index is 472. The minimum atomic E-state index is -0.921. The first-order chi connectivity index (χ1) is 13.7. The molecule has 5 nitrogen and oxygen atoms in total. The first-order valence-electron chi connectivity index (χ1n) is 11.9. The fraction of sp³-hybridized carbons (Fsp3) is 0.917. The third-order valence-electron chi connectivity index (χ3n) is 5.91. The smallest absolute Gasteiger partial charge is 0.307 e. The van der Waals surface area contributed by atoms with Gasteiger partial charge in [0.2, 0.25) is 0 Å². The SMILES string of the molecule is CCCCCC[C@H]1C[C@H]1CCCCCCCC(=O)O[C@H](CC(=O)O)C[N+](C)(C)C. The van der Waals surface area contributed by atoms with E-state index in [1.54, 1.807) is 0 Å². The van der Waals surface area contributed by atoms with Gasteiger partial charge in [-0.25, -0.2) is 0 Å². The van der Waals surface area contributed by atoms with E-state index in [2.05, 4.69) is 6.92 Å². The third kappa shape index (κ3) is 14.5. The van der Waals surface area contributed by atoms with Crippen LogP contribution in [-0.4, -0.2) is 55.3 Å². The van der Waals surface area contributed by atoms with Crippen LogP contribution in [0.25, 0.3) is 0 Å². The molecule has 1 saturated carbocycles. The molecule has 0 radical (unpaired) electrons. The predicted molar refractivity (Wildman–Crippen MR) is 118 cm³/mol. The lowest BCUT2D eigenvalue weighted by Gasteiger charge is -2.28. The Morgan fingerprint density at radius 3 is 2.03 bits per heavy atom. The average Bonchev–Trinajstić information content (AvgIpc) is 3.34. The molecule has 3 atom stereocenters. The highest BCUT2D eigenvalue weighted by molar-refractivity contribution is 5.71. The molecule has 1 N–H and O–H groups in total. The molecule has 0 heterocycles. The summed E-state index contributed by atoms with van der Waals surface area (Å²) >= 11 is 0. The normalized spacial score (nSPS) is 19.7. The second kappa shape index (κ2) is 14.0. The second-order valence-electron chi connectivity index (χ2n) is 10.1. The molecule has 5 heteroatoms. The Balaban J connectivity index is 2.01. The number of esters is 1. The van der Waals surface area contributed by atoms with Crippen molar-refractivity contribution in [1.29, 1.82) is 0 Å². The largest absolute Gasteiger partial charge is 0.481 e. The number of hydrogen-bond donors (Lipinski definition) is 1. The lowest BCUT2D eigenvalue weighted by Crippen LogP contribution is -2.43. The van der Waals surface area contributed by atoms with Crippen LogP contribution in [0.2, 0.25) is 0 Å². The lowest BCUT2D eigenvalue weighted by molar-refractivity contribution is -0.873. The van der Waals surface area contributed by atoms with E-state index in [-0.39, 0.29) is 12.4 Å². The van der Waals surface area contributed by atoms with E-state index in [1.807, 2.05) is 21.1 Å². The van der Waals surface area contributed by atoms with Crippen molar-refractivity contribution in [2.75, 3.05) is 27.7 Å². The number of rotatable bonds is 18. The van der Waals surface area contributed by atoms with E-state index >= 15 is 0 Å². The topological polar surface area (TPSA) is 63.6 Å². The number of ether oxygens (including phenoxy) is 1. The van der Waals surface area contributed by atoms with E-state index in [4.69, 9.17) is 9.84 Å². The van der Waals surface area contributed by atoms with Gasteiger partial charge in [0.25, 0.3) is 0 Å². The zero-order chi connectivity index (χ0) is 21.7. The standard InChI is InChI=1S/C24H45NO4/c1-5-6-7-11-14-20-17-21(20)15-12-9-8-10-13-16-24(28)29-22(18-23(26)27)19-25(2,3)4/h20-22H,5-19H2,1-4H3/p+1/t20-,21+,22+/m0/s1. The number of carbonyl (C=O) groups is 2. The van der Waals surface area contributed by atoms with Crippen LogP contribution in [0.4, 0.5) is 0 Å². The molecule has 29 heavy (non-hydrogen) atoms. The van der Waals surface area contributed by atoms with Gasteiger partial charge in [0.1, 0.15) is 6.54 Å². The number of quaternary nitrogens is 1. The van der Waals surface area contributed by atoms with Crippen LogP contribution < -0.4 is 0 Å². The molecule has 1 aliphatic rings. The maximum Gasteiger partial charge on any atom is 0.307 e. The molecular formula is C24H46NO4+. The van der Waals surface area contributed by atoms with Crippen LogP contribution in [0, 0.1) is 11.8 Å². The minimum absolute atomic E-state index is 0.123. The molecule has 0 spiro atoms. The molecule has 1 aliphatic carbocycles. The molecule has 0 amide bonds. The van der Waals surface area contributed by atoms with Gasteiger partial charge in [-0.2, -0.15) is 0 Å². The zero-order valence-corrected chi connectivity index (χ0v) is 19.5. The molecule has 1 fully saturated rings. The molecular weight excluding hydrogens is 366 g/mol. The predicted octanol–water partition coefficient (Wildman–Crippen LogP) is 5.42. The highest BCUT2D eigenvalue weighted by Crippen LogP contribution is 2.45. The van der Waals surface area contributed by atoms with E-state index in [9.17, 15) is 9.59 Å². The van der Waals surface area contributed by atoms with E-state index in [1.165, 1.54) is 64.2 Å². The summed E-state index contributed by atoms with van der Waals surface area (Å²) in [5.41, 5.74) is 0. The quantitative estimate of drug-likeness (QED) is 0.186. The summed E-state index contributed by atoms with van der Waals surface area (Å²) in [6, 6.07) is 0. The molecule has 0 aromatic rings. The molecule has 0 saturated heterocycles. The highest BCUT2D eigenvalue weighted by atomic mass is 16.5. The van der Waals surface area contributed by atoms with Crippen LogP contribution in [0.3, 0.4) is 0 Å². The molecule has 0 aliphatic heterocycles. The fourth-order valence-electron chi connectivity index (χ4n) is 4.25. The summed E-state index contributed by atoms with van der Waals surface area (Å²) in [5, 5.41) is 9.02. The number of unbranched alkanes of at least 4 members (excludes halogenated alkanes) is 7. The number of carbonyl (C=O) groups excluding carboxylic acids is 1. The van der Waals surface area contributed by atoms with Gasteiger partial charge in [0, 0.05) is 6.42 Å². The number of hydrogen-bond acceptors (Lipinski definition) is 3. The Labute approximate surface area is 178 Å². The molecule has 0 unspecified atom stereocenters. The van der Waals surface area contributed by atoms with Gasteiger partial charge in [-0.05, 0) is 24.7 Å². The van der Waals surface area contributed by atoms with Crippen LogP contribution in [0.1, 0.15) is 96.8 Å². The third-order valence-corrected chi connectivity index (χ3v) is 5.91. The van der Waals surface area contributed by atoms with Crippen molar-refractivity contribution in [2.24, 2.45) is 11.8 Å². The lowest BCUT2D eigenvalue weighted by atomic mass is 10.0. The molecule has 0 aromatic heterocycles. The Hall–Kier alpha value is -1.10. The number of aliphatic carboxylic acids is 1. The van der Waals surface area contributed by atoms with Gasteiger partial charge >= 0.3 is 11.9 Å². The Kier molecular flexibility index (Phi) is 12.5. The molecule has 1 rings (SSSR count). The van der Waals surface area contributed by atoms with Crippen molar-refractivity contribution in [3.8, 4) is 0 Å². The zero-order valence-electron chi connectivity index (χ0n) is 19.5. The van der Waals surface area contributed by atoms with E-state index < -0.39 is 12.1 Å². The fourth-order valence-corrected chi connectivity index (χ4v) is 4.25. The second-order valence-corrected chi connectivity index (χ2v) is 10.1. The molecule has 170 valence electrons. The van der Waals surface area contributed by atoms with Crippen molar-refractivity contribution < 1.29 is 23.9 Å².